The highest BCUT2D eigenvalue weighted by Crippen LogP contribution is 2.27. The number of benzene rings is 1. The Labute approximate surface area is 127 Å². The zero-order valence-electron chi connectivity index (χ0n) is 13.4. The lowest BCUT2D eigenvalue weighted by Crippen LogP contribution is -2.51. The first-order valence-corrected chi connectivity index (χ1v) is 8.02. The van der Waals surface area contributed by atoms with Crippen LogP contribution in [0.4, 0.5) is 0 Å². The molecule has 1 aromatic carbocycles. The van der Waals surface area contributed by atoms with Crippen LogP contribution in [-0.4, -0.2) is 17.1 Å². The predicted octanol–water partition coefficient (Wildman–Crippen LogP) is 3.92. The second-order valence-corrected chi connectivity index (χ2v) is 6.56. The van der Waals surface area contributed by atoms with Gasteiger partial charge >= 0.3 is 5.97 Å². The minimum absolute atomic E-state index is 0.301. The van der Waals surface area contributed by atoms with Crippen LogP contribution in [0, 0.1) is 13.8 Å². The van der Waals surface area contributed by atoms with E-state index in [-0.39, 0.29) is 0 Å². The average molecular weight is 289 g/mol. The lowest BCUT2D eigenvalue weighted by Gasteiger charge is -2.32. The zero-order chi connectivity index (χ0) is 15.5. The molecule has 1 aliphatic rings. The summed E-state index contributed by atoms with van der Waals surface area (Å²) in [5, 5.41) is 13.2. The van der Waals surface area contributed by atoms with E-state index in [1.807, 2.05) is 25.1 Å². The molecule has 3 nitrogen and oxygen atoms in total. The van der Waals surface area contributed by atoms with Crippen molar-refractivity contribution in [3.05, 3.63) is 34.9 Å². The normalized spacial score (nSPS) is 19.8. The number of aryl methyl sites for hydroxylation is 2. The third kappa shape index (κ3) is 3.65. The van der Waals surface area contributed by atoms with Gasteiger partial charge < -0.3 is 5.11 Å². The highest BCUT2D eigenvalue weighted by molar-refractivity contribution is 5.80. The van der Waals surface area contributed by atoms with Gasteiger partial charge in [0.2, 0.25) is 0 Å². The van der Waals surface area contributed by atoms with Gasteiger partial charge in [0, 0.05) is 6.04 Å². The fourth-order valence-electron chi connectivity index (χ4n) is 3.15. The van der Waals surface area contributed by atoms with Crippen LogP contribution >= 0.6 is 0 Å². The topological polar surface area (TPSA) is 49.3 Å². The zero-order valence-corrected chi connectivity index (χ0v) is 13.4. The van der Waals surface area contributed by atoms with Crippen LogP contribution in [0.5, 0.6) is 0 Å². The molecule has 0 spiro atoms. The molecule has 2 N–H and O–H groups in total. The molecule has 0 saturated heterocycles. The second kappa shape index (κ2) is 6.61. The third-order valence-electron chi connectivity index (χ3n) is 4.86. The number of aliphatic carboxylic acids is 1. The summed E-state index contributed by atoms with van der Waals surface area (Å²) in [6, 6.07) is 6.27. The van der Waals surface area contributed by atoms with Gasteiger partial charge in [-0.1, -0.05) is 43.9 Å². The summed E-state index contributed by atoms with van der Waals surface area (Å²) in [6.07, 6.45) is 7.08. The van der Waals surface area contributed by atoms with Crippen molar-refractivity contribution >= 4 is 5.97 Å². The Morgan fingerprint density at radius 2 is 1.76 bits per heavy atom. The molecule has 0 aromatic heterocycles. The Morgan fingerprint density at radius 1 is 1.14 bits per heavy atom. The van der Waals surface area contributed by atoms with E-state index < -0.39 is 11.5 Å². The fourth-order valence-corrected chi connectivity index (χ4v) is 3.15. The Kier molecular flexibility index (Phi) is 5.04. The highest BCUT2D eigenvalue weighted by atomic mass is 16.4. The minimum atomic E-state index is -1.01. The van der Waals surface area contributed by atoms with E-state index >= 15 is 0 Å². The lowest BCUT2D eigenvalue weighted by molar-refractivity contribution is -0.145. The molecule has 21 heavy (non-hydrogen) atoms. The smallest absolute Gasteiger partial charge is 0.328 e. The van der Waals surface area contributed by atoms with E-state index in [0.29, 0.717) is 6.04 Å². The van der Waals surface area contributed by atoms with E-state index in [4.69, 9.17) is 0 Å². The molecular weight excluding hydrogens is 262 g/mol. The van der Waals surface area contributed by atoms with Gasteiger partial charge in [-0.2, -0.15) is 0 Å². The maximum atomic E-state index is 11.9. The van der Waals surface area contributed by atoms with Gasteiger partial charge in [-0.25, -0.2) is 4.79 Å². The first kappa shape index (κ1) is 16.0. The fraction of sp³-hybridized carbons (Fsp3) is 0.611. The van der Waals surface area contributed by atoms with Crippen LogP contribution in [0.1, 0.15) is 62.1 Å². The molecular formula is C18H27NO2. The molecule has 0 bridgehead atoms. The first-order valence-electron chi connectivity index (χ1n) is 8.02. The van der Waals surface area contributed by atoms with Crippen LogP contribution in [0.15, 0.2) is 18.2 Å². The van der Waals surface area contributed by atoms with Crippen molar-refractivity contribution in [2.75, 3.05) is 0 Å². The maximum Gasteiger partial charge on any atom is 0.328 e. The largest absolute Gasteiger partial charge is 0.480 e. The Bertz CT molecular complexity index is 504. The summed E-state index contributed by atoms with van der Waals surface area (Å²) < 4.78 is 0. The highest BCUT2D eigenvalue weighted by Gasteiger charge is 2.37. The van der Waals surface area contributed by atoms with Crippen LogP contribution in [0.25, 0.3) is 0 Å². The van der Waals surface area contributed by atoms with Gasteiger partial charge in [-0.15, -0.1) is 0 Å². The van der Waals surface area contributed by atoms with E-state index in [2.05, 4.69) is 12.2 Å². The van der Waals surface area contributed by atoms with Crippen molar-refractivity contribution in [2.24, 2.45) is 0 Å². The summed E-state index contributed by atoms with van der Waals surface area (Å²) >= 11 is 0. The van der Waals surface area contributed by atoms with E-state index in [9.17, 15) is 9.90 Å². The summed E-state index contributed by atoms with van der Waals surface area (Å²) in [5.41, 5.74) is 2.18. The van der Waals surface area contributed by atoms with Gasteiger partial charge in [0.15, 0.2) is 0 Å². The molecule has 3 heteroatoms. The van der Waals surface area contributed by atoms with Crippen LogP contribution in [0.2, 0.25) is 0 Å². The molecule has 1 aromatic rings. The minimum Gasteiger partial charge on any atom is -0.480 e. The summed E-state index contributed by atoms with van der Waals surface area (Å²) in [6.45, 7) is 5.88. The Hall–Kier alpha value is -1.35. The molecule has 0 amide bonds. The summed E-state index contributed by atoms with van der Waals surface area (Å²) in [4.78, 5) is 11.9. The number of carbonyl (C=O) groups is 1. The SMILES string of the molecule is Cc1ccc(C(C)(NC2CCCCCC2)C(=O)O)cc1C. The quantitative estimate of drug-likeness (QED) is 0.826. The molecule has 1 unspecified atom stereocenters. The molecule has 0 heterocycles. The number of carboxylic acid groups (broad SMARTS) is 1. The number of carboxylic acids is 1. The van der Waals surface area contributed by atoms with Crippen molar-refractivity contribution < 1.29 is 9.90 Å². The van der Waals surface area contributed by atoms with Crippen LogP contribution in [0.3, 0.4) is 0 Å². The van der Waals surface area contributed by atoms with Crippen molar-refractivity contribution in [3.8, 4) is 0 Å². The molecule has 0 aliphatic heterocycles. The summed E-state index contributed by atoms with van der Waals surface area (Å²) in [7, 11) is 0. The van der Waals surface area contributed by atoms with Gasteiger partial charge in [-0.3, -0.25) is 5.32 Å². The Balaban J connectivity index is 2.26. The number of hydrogen-bond donors (Lipinski definition) is 2. The number of hydrogen-bond acceptors (Lipinski definition) is 2. The van der Waals surface area contributed by atoms with Crippen LogP contribution in [-0.2, 0) is 10.3 Å². The number of rotatable bonds is 4. The monoisotopic (exact) mass is 289 g/mol. The third-order valence-corrected chi connectivity index (χ3v) is 4.86. The first-order chi connectivity index (χ1) is 9.93. The van der Waals surface area contributed by atoms with Gasteiger partial charge in [0.05, 0.1) is 0 Å². The molecule has 1 atom stereocenters. The molecule has 1 saturated carbocycles. The summed E-state index contributed by atoms with van der Waals surface area (Å²) in [5.74, 6) is -0.796. The Morgan fingerprint density at radius 3 is 2.29 bits per heavy atom. The maximum absolute atomic E-state index is 11.9. The molecule has 116 valence electrons. The lowest BCUT2D eigenvalue weighted by atomic mass is 9.88. The van der Waals surface area contributed by atoms with Crippen molar-refractivity contribution in [1.29, 1.82) is 0 Å². The number of nitrogens with one attached hydrogen (secondary N) is 1. The molecule has 0 radical (unpaired) electrons. The van der Waals surface area contributed by atoms with Crippen molar-refractivity contribution in [1.82, 2.24) is 5.32 Å². The van der Waals surface area contributed by atoms with E-state index in [1.165, 1.54) is 31.2 Å². The van der Waals surface area contributed by atoms with Gasteiger partial charge in [-0.05, 0) is 50.3 Å². The molecule has 1 fully saturated rings. The van der Waals surface area contributed by atoms with Crippen molar-refractivity contribution in [2.45, 2.75) is 70.9 Å². The molecule has 2 rings (SSSR count). The predicted molar refractivity (Wildman–Crippen MR) is 85.5 cm³/mol. The standard InChI is InChI=1S/C18H27NO2/c1-13-10-11-15(12-14(13)2)18(3,17(20)21)19-16-8-6-4-5-7-9-16/h10-12,16,19H,4-9H2,1-3H3,(H,20,21). The second-order valence-electron chi connectivity index (χ2n) is 6.56. The van der Waals surface area contributed by atoms with Crippen molar-refractivity contribution in [3.63, 3.8) is 0 Å². The van der Waals surface area contributed by atoms with Crippen LogP contribution < -0.4 is 5.32 Å². The van der Waals surface area contributed by atoms with E-state index in [0.717, 1.165) is 24.0 Å². The van der Waals surface area contributed by atoms with Gasteiger partial charge in [0.25, 0.3) is 0 Å². The molecule has 1 aliphatic carbocycles. The average Bonchev–Trinajstić information content (AvgIpc) is 2.70. The van der Waals surface area contributed by atoms with Gasteiger partial charge in [0.1, 0.15) is 5.54 Å². The van der Waals surface area contributed by atoms with E-state index in [1.54, 1.807) is 6.92 Å².